The fourth-order valence-electron chi connectivity index (χ4n) is 3.59. The average Bonchev–Trinajstić information content (AvgIpc) is 3.08. The lowest BCUT2D eigenvalue weighted by atomic mass is 9.79. The number of nitrogen functional groups attached to an aromatic ring is 1. The molecule has 0 aliphatic heterocycles. The largest absolute Gasteiger partial charge is 0.481 e. The van der Waals surface area contributed by atoms with E-state index in [4.69, 9.17) is 5.73 Å². The number of carbonyl (C=O) groups is 1. The van der Waals surface area contributed by atoms with Gasteiger partial charge in [-0.1, -0.05) is 19.8 Å². The molecule has 2 heterocycles. The molecule has 130 valence electrons. The van der Waals surface area contributed by atoms with E-state index >= 15 is 0 Å². The molecule has 2 aromatic rings. The fourth-order valence-corrected chi connectivity index (χ4v) is 3.59. The highest BCUT2D eigenvalue weighted by Crippen LogP contribution is 2.48. The maximum atomic E-state index is 11.9. The molecule has 0 radical (unpaired) electrons. The van der Waals surface area contributed by atoms with Crippen LogP contribution in [0.5, 0.6) is 0 Å². The van der Waals surface area contributed by atoms with Gasteiger partial charge < -0.3 is 25.6 Å². The van der Waals surface area contributed by atoms with E-state index in [0.717, 1.165) is 6.42 Å². The van der Waals surface area contributed by atoms with E-state index in [1.165, 1.54) is 12.7 Å². The highest BCUT2D eigenvalue weighted by atomic mass is 16.4. The molecule has 2 aromatic heterocycles. The molecule has 0 spiro atoms. The van der Waals surface area contributed by atoms with Crippen LogP contribution in [0.1, 0.15) is 38.6 Å². The van der Waals surface area contributed by atoms with E-state index < -0.39 is 29.6 Å². The predicted octanol–water partition coefficient (Wildman–Crippen LogP) is 0.336. The quantitative estimate of drug-likeness (QED) is 0.611. The highest BCUT2D eigenvalue weighted by molar-refractivity contribution is 5.81. The summed E-state index contributed by atoms with van der Waals surface area (Å²) in [4.78, 5) is 24.0. The van der Waals surface area contributed by atoms with Crippen molar-refractivity contribution in [2.45, 2.75) is 50.9 Å². The first-order valence-corrected chi connectivity index (χ1v) is 7.95. The van der Waals surface area contributed by atoms with Gasteiger partial charge in [0.2, 0.25) is 0 Å². The van der Waals surface area contributed by atoms with Gasteiger partial charge in [-0.25, -0.2) is 15.0 Å². The molecule has 1 aliphatic rings. The lowest BCUT2D eigenvalue weighted by Gasteiger charge is -2.28. The van der Waals surface area contributed by atoms with Gasteiger partial charge in [0.15, 0.2) is 11.5 Å². The van der Waals surface area contributed by atoms with E-state index in [2.05, 4.69) is 15.0 Å². The second-order valence-electron chi connectivity index (χ2n) is 6.35. The van der Waals surface area contributed by atoms with Gasteiger partial charge in [-0.3, -0.25) is 4.79 Å². The van der Waals surface area contributed by atoms with Crippen LogP contribution in [0.4, 0.5) is 5.82 Å². The highest BCUT2D eigenvalue weighted by Gasteiger charge is 2.57. The first-order chi connectivity index (χ1) is 11.4. The third-order valence-electron chi connectivity index (χ3n) is 5.00. The van der Waals surface area contributed by atoms with Crippen molar-refractivity contribution in [3.8, 4) is 0 Å². The zero-order valence-corrected chi connectivity index (χ0v) is 13.3. The molecule has 5 N–H and O–H groups in total. The van der Waals surface area contributed by atoms with Crippen LogP contribution < -0.4 is 5.73 Å². The third kappa shape index (κ3) is 2.31. The Balaban J connectivity index is 2.02. The molecule has 0 bridgehead atoms. The number of rotatable bonds is 5. The summed E-state index contributed by atoms with van der Waals surface area (Å²) in [5, 5.41) is 30.7. The predicted molar refractivity (Wildman–Crippen MR) is 85.0 cm³/mol. The molecule has 9 heteroatoms. The molecule has 9 nitrogen and oxygen atoms in total. The molecule has 24 heavy (non-hydrogen) atoms. The monoisotopic (exact) mass is 335 g/mol. The minimum atomic E-state index is -1.38. The van der Waals surface area contributed by atoms with Gasteiger partial charge in [-0.15, -0.1) is 0 Å². The van der Waals surface area contributed by atoms with Crippen LogP contribution in [0.2, 0.25) is 0 Å². The Hall–Kier alpha value is -2.26. The SMILES string of the molecule is CCCCC1(C(=O)O)CC(n2cnc3c(N)ncnc32)C(O)C1O. The Bertz CT molecular complexity index is 763. The van der Waals surface area contributed by atoms with Crippen LogP contribution >= 0.6 is 0 Å². The van der Waals surface area contributed by atoms with Crippen molar-refractivity contribution in [3.05, 3.63) is 12.7 Å². The summed E-state index contributed by atoms with van der Waals surface area (Å²) in [6.45, 7) is 1.95. The van der Waals surface area contributed by atoms with Crippen LogP contribution in [0.15, 0.2) is 12.7 Å². The number of fused-ring (bicyclic) bond motifs is 1. The van der Waals surface area contributed by atoms with Crippen LogP contribution in [-0.2, 0) is 4.79 Å². The molecule has 0 saturated heterocycles. The minimum Gasteiger partial charge on any atom is -0.481 e. The van der Waals surface area contributed by atoms with Gasteiger partial charge in [-0.2, -0.15) is 0 Å². The van der Waals surface area contributed by atoms with E-state index in [-0.39, 0.29) is 12.2 Å². The average molecular weight is 335 g/mol. The molecule has 1 fully saturated rings. The lowest BCUT2D eigenvalue weighted by Crippen LogP contribution is -2.42. The normalized spacial score (nSPS) is 30.0. The van der Waals surface area contributed by atoms with E-state index in [0.29, 0.717) is 24.0 Å². The Morgan fingerprint density at radius 1 is 1.42 bits per heavy atom. The molecule has 1 aliphatic carbocycles. The molecule has 0 aromatic carbocycles. The zero-order chi connectivity index (χ0) is 17.5. The summed E-state index contributed by atoms with van der Waals surface area (Å²) < 4.78 is 1.58. The molecule has 0 amide bonds. The van der Waals surface area contributed by atoms with Gasteiger partial charge in [0.05, 0.1) is 23.9 Å². The number of hydrogen-bond acceptors (Lipinski definition) is 7. The molecule has 4 unspecified atom stereocenters. The number of nitrogens with zero attached hydrogens (tertiary/aromatic N) is 4. The van der Waals surface area contributed by atoms with Crippen LogP contribution in [0.3, 0.4) is 0 Å². The number of unbranched alkanes of at least 4 members (excludes halogenated alkanes) is 1. The summed E-state index contributed by atoms with van der Waals surface area (Å²) >= 11 is 0. The standard InChI is InChI=1S/C15H21N5O4/c1-2-3-4-15(14(23)24)5-8(10(21)11(15)22)20-7-19-9-12(16)17-6-18-13(9)20/h6-8,10-11,21-22H,2-5H2,1H3,(H,23,24)(H2,16,17,18). The lowest BCUT2D eigenvalue weighted by molar-refractivity contribution is -0.158. The van der Waals surface area contributed by atoms with Gasteiger partial charge in [0.1, 0.15) is 17.9 Å². The first kappa shape index (κ1) is 16.6. The molecular formula is C15H21N5O4. The molecular weight excluding hydrogens is 314 g/mol. The van der Waals surface area contributed by atoms with Gasteiger partial charge in [0, 0.05) is 0 Å². The van der Waals surface area contributed by atoms with Gasteiger partial charge in [-0.05, 0) is 12.8 Å². The summed E-state index contributed by atoms with van der Waals surface area (Å²) in [6, 6.07) is -0.646. The number of imidazole rings is 1. The fraction of sp³-hybridized carbons (Fsp3) is 0.600. The Labute approximate surface area is 138 Å². The number of hydrogen-bond donors (Lipinski definition) is 4. The second-order valence-corrected chi connectivity index (χ2v) is 6.35. The van der Waals surface area contributed by atoms with E-state index in [9.17, 15) is 20.1 Å². The summed E-state index contributed by atoms with van der Waals surface area (Å²) in [7, 11) is 0. The number of anilines is 1. The van der Waals surface area contributed by atoms with Crippen LogP contribution in [0.25, 0.3) is 11.2 Å². The number of aromatic nitrogens is 4. The number of aliphatic carboxylic acids is 1. The second kappa shape index (κ2) is 5.99. The van der Waals surface area contributed by atoms with Crippen LogP contribution in [0, 0.1) is 5.41 Å². The smallest absolute Gasteiger partial charge is 0.312 e. The number of aliphatic hydroxyl groups is 2. The van der Waals surface area contributed by atoms with Crippen molar-refractivity contribution in [2.75, 3.05) is 5.73 Å². The number of aliphatic hydroxyl groups excluding tert-OH is 2. The number of carboxylic acid groups (broad SMARTS) is 1. The van der Waals surface area contributed by atoms with E-state index in [1.807, 2.05) is 6.92 Å². The number of nitrogens with two attached hydrogens (primary N) is 1. The summed E-state index contributed by atoms with van der Waals surface area (Å²) in [6.07, 6.45) is 2.01. The molecule has 3 rings (SSSR count). The third-order valence-corrected chi connectivity index (χ3v) is 5.00. The minimum absolute atomic E-state index is 0.0973. The number of carboxylic acids is 1. The van der Waals surface area contributed by atoms with Crippen molar-refractivity contribution < 1.29 is 20.1 Å². The van der Waals surface area contributed by atoms with Crippen molar-refractivity contribution in [3.63, 3.8) is 0 Å². The molecule has 1 saturated carbocycles. The Morgan fingerprint density at radius 2 is 2.17 bits per heavy atom. The summed E-state index contributed by atoms with van der Waals surface area (Å²) in [5.74, 6) is -0.883. The summed E-state index contributed by atoms with van der Waals surface area (Å²) in [5.41, 5.74) is 5.19. The maximum absolute atomic E-state index is 11.9. The van der Waals surface area contributed by atoms with Crippen molar-refractivity contribution >= 4 is 23.0 Å². The van der Waals surface area contributed by atoms with Crippen molar-refractivity contribution in [1.82, 2.24) is 19.5 Å². The van der Waals surface area contributed by atoms with Gasteiger partial charge in [0.25, 0.3) is 0 Å². The van der Waals surface area contributed by atoms with Crippen molar-refractivity contribution in [2.24, 2.45) is 5.41 Å². The maximum Gasteiger partial charge on any atom is 0.312 e. The zero-order valence-electron chi connectivity index (χ0n) is 13.3. The Kier molecular flexibility index (Phi) is 4.14. The van der Waals surface area contributed by atoms with Crippen LogP contribution in [-0.4, -0.2) is 53.0 Å². The van der Waals surface area contributed by atoms with Crippen molar-refractivity contribution in [1.29, 1.82) is 0 Å². The molecule has 4 atom stereocenters. The topological polar surface area (TPSA) is 147 Å². The van der Waals surface area contributed by atoms with Gasteiger partial charge >= 0.3 is 5.97 Å². The Morgan fingerprint density at radius 3 is 2.83 bits per heavy atom. The first-order valence-electron chi connectivity index (χ1n) is 7.95. The van der Waals surface area contributed by atoms with E-state index in [1.54, 1.807) is 4.57 Å².